The van der Waals surface area contributed by atoms with Gasteiger partial charge >= 0.3 is 5.97 Å². The first kappa shape index (κ1) is 18.8. The number of cyclic esters (lactones) is 1. The van der Waals surface area contributed by atoms with Crippen LogP contribution in [0.1, 0.15) is 11.1 Å². The van der Waals surface area contributed by atoms with Gasteiger partial charge in [-0.1, -0.05) is 24.3 Å². The summed E-state index contributed by atoms with van der Waals surface area (Å²) in [5.41, 5.74) is 2.89. The quantitative estimate of drug-likeness (QED) is 0.640. The lowest BCUT2D eigenvalue weighted by molar-refractivity contribution is -0.133. The average Bonchev–Trinajstić information content (AvgIpc) is 3.23. The van der Waals surface area contributed by atoms with E-state index in [1.54, 1.807) is 36.4 Å². The van der Waals surface area contributed by atoms with Crippen LogP contribution in [0.3, 0.4) is 0 Å². The molecule has 0 saturated carbocycles. The Morgan fingerprint density at radius 3 is 1.97 bits per heavy atom. The number of sulfone groups is 1. The maximum atomic E-state index is 12.3. The van der Waals surface area contributed by atoms with Crippen molar-refractivity contribution in [2.75, 3.05) is 12.9 Å². The number of rotatable bonds is 4. The highest BCUT2D eigenvalue weighted by atomic mass is 32.2. The lowest BCUT2D eigenvalue weighted by Crippen LogP contribution is -1.99. The lowest BCUT2D eigenvalue weighted by atomic mass is 9.96. The van der Waals surface area contributed by atoms with Crippen LogP contribution in [0.25, 0.3) is 16.8 Å². The summed E-state index contributed by atoms with van der Waals surface area (Å²) in [6, 6.07) is 15.8. The van der Waals surface area contributed by atoms with Gasteiger partial charge < -0.3 is 14.9 Å². The van der Waals surface area contributed by atoms with Gasteiger partial charge in [0.15, 0.2) is 21.6 Å². The molecular weight excluding hydrogens is 394 g/mol. The van der Waals surface area contributed by atoms with Crippen LogP contribution in [-0.2, 0) is 19.4 Å². The van der Waals surface area contributed by atoms with Crippen molar-refractivity contribution in [3.05, 3.63) is 71.8 Å². The van der Waals surface area contributed by atoms with E-state index in [4.69, 9.17) is 4.74 Å². The number of aromatic hydroxyl groups is 2. The largest absolute Gasteiger partial charge is 0.494 e. The molecular formula is C21H17NO6S. The van der Waals surface area contributed by atoms with Gasteiger partial charge in [-0.3, -0.25) is 4.57 Å². The maximum absolute atomic E-state index is 12.3. The molecule has 0 saturated heterocycles. The summed E-state index contributed by atoms with van der Waals surface area (Å²) in [5, 5.41) is 19.7. The highest BCUT2D eigenvalue weighted by Gasteiger charge is 2.27. The van der Waals surface area contributed by atoms with E-state index in [0.717, 1.165) is 6.26 Å². The molecule has 0 aliphatic carbocycles. The van der Waals surface area contributed by atoms with E-state index in [2.05, 4.69) is 0 Å². The molecule has 0 unspecified atom stereocenters. The fourth-order valence-electron chi connectivity index (χ4n) is 3.29. The van der Waals surface area contributed by atoms with Crippen LogP contribution in [0.4, 0.5) is 0 Å². The molecule has 0 fully saturated rings. The van der Waals surface area contributed by atoms with Crippen molar-refractivity contribution >= 4 is 27.0 Å². The number of aromatic nitrogens is 1. The summed E-state index contributed by atoms with van der Waals surface area (Å²) in [6.07, 6.45) is 1.14. The molecule has 2 aromatic carbocycles. The van der Waals surface area contributed by atoms with Crippen LogP contribution in [0.5, 0.6) is 11.8 Å². The Hall–Kier alpha value is -3.52. The van der Waals surface area contributed by atoms with Gasteiger partial charge in [0.2, 0.25) is 0 Å². The predicted molar refractivity (Wildman–Crippen MR) is 106 cm³/mol. The molecule has 1 aliphatic rings. The lowest BCUT2D eigenvalue weighted by Gasteiger charge is -2.09. The monoisotopic (exact) mass is 411 g/mol. The first-order valence-electron chi connectivity index (χ1n) is 8.67. The first-order valence-corrected chi connectivity index (χ1v) is 10.6. The van der Waals surface area contributed by atoms with Gasteiger partial charge in [0.1, 0.15) is 6.61 Å². The number of carbonyl (C=O) groups excluding carboxylic acids is 1. The van der Waals surface area contributed by atoms with Gasteiger partial charge in [-0.15, -0.1) is 0 Å². The molecule has 0 amide bonds. The zero-order valence-corrected chi connectivity index (χ0v) is 16.2. The molecule has 1 aliphatic heterocycles. The Morgan fingerprint density at radius 2 is 1.41 bits per heavy atom. The number of benzene rings is 2. The molecule has 7 nitrogen and oxygen atoms in total. The molecule has 29 heavy (non-hydrogen) atoms. The first-order chi connectivity index (χ1) is 13.8. The normalized spacial score (nSPS) is 14.3. The Balaban J connectivity index is 1.74. The van der Waals surface area contributed by atoms with Crippen LogP contribution in [0.15, 0.2) is 65.6 Å². The average molecular weight is 411 g/mol. The van der Waals surface area contributed by atoms with Crippen LogP contribution in [-0.4, -0.2) is 42.0 Å². The van der Waals surface area contributed by atoms with E-state index < -0.39 is 15.8 Å². The SMILES string of the molecule is CS(=O)(=O)c1ccc(C2=C(c3ccc(-n4c(O)ccc4O)cc3)C(=O)OC2)cc1. The van der Waals surface area contributed by atoms with Crippen LogP contribution >= 0.6 is 0 Å². The smallest absolute Gasteiger partial charge is 0.339 e. The molecule has 8 heteroatoms. The third kappa shape index (κ3) is 3.38. The number of esters is 1. The molecule has 0 bridgehead atoms. The third-order valence-corrected chi connectivity index (χ3v) is 5.87. The number of hydrogen-bond donors (Lipinski definition) is 2. The number of ether oxygens (including phenoxy) is 1. The molecule has 0 atom stereocenters. The van der Waals surface area contributed by atoms with E-state index in [1.165, 1.54) is 28.8 Å². The van der Waals surface area contributed by atoms with E-state index in [9.17, 15) is 23.4 Å². The van der Waals surface area contributed by atoms with Gasteiger partial charge in [-0.05, 0) is 35.4 Å². The fourth-order valence-corrected chi connectivity index (χ4v) is 3.92. The highest BCUT2D eigenvalue weighted by molar-refractivity contribution is 7.90. The zero-order chi connectivity index (χ0) is 20.8. The minimum absolute atomic E-state index is 0.0906. The molecule has 2 heterocycles. The topological polar surface area (TPSA) is 106 Å². The van der Waals surface area contributed by atoms with Crippen molar-refractivity contribution < 1.29 is 28.2 Å². The molecule has 1 aromatic heterocycles. The van der Waals surface area contributed by atoms with Gasteiger partial charge in [-0.25, -0.2) is 13.2 Å². The van der Waals surface area contributed by atoms with E-state index in [1.807, 2.05) is 0 Å². The van der Waals surface area contributed by atoms with Crippen LogP contribution < -0.4 is 0 Å². The fraction of sp³-hybridized carbons (Fsp3) is 0.0952. The van der Waals surface area contributed by atoms with Crippen molar-refractivity contribution in [1.82, 2.24) is 4.57 Å². The summed E-state index contributed by atoms with van der Waals surface area (Å²) in [5.74, 6) is -0.686. The van der Waals surface area contributed by atoms with Crippen molar-refractivity contribution in [3.8, 4) is 17.4 Å². The minimum Gasteiger partial charge on any atom is -0.494 e. The van der Waals surface area contributed by atoms with Crippen LogP contribution in [0.2, 0.25) is 0 Å². The Kier molecular flexibility index (Phi) is 4.43. The molecule has 0 radical (unpaired) electrons. The minimum atomic E-state index is -3.31. The second-order valence-corrected chi connectivity index (χ2v) is 8.67. The summed E-state index contributed by atoms with van der Waals surface area (Å²) >= 11 is 0. The van der Waals surface area contributed by atoms with Crippen molar-refractivity contribution in [1.29, 1.82) is 0 Å². The number of nitrogens with zero attached hydrogens (tertiary/aromatic N) is 1. The Bertz CT molecular complexity index is 1220. The summed E-state index contributed by atoms with van der Waals surface area (Å²) in [4.78, 5) is 12.5. The standard InChI is InChI=1S/C21H17NO6S/c1-29(26,27)16-8-4-13(5-9-16)17-12-28-21(25)20(17)14-2-6-15(7-3-14)22-18(23)10-11-19(22)24/h2-11,23-24H,12H2,1H3. The molecule has 148 valence electrons. The molecule has 2 N–H and O–H groups in total. The second-order valence-electron chi connectivity index (χ2n) is 6.66. The maximum Gasteiger partial charge on any atom is 0.339 e. The van der Waals surface area contributed by atoms with Gasteiger partial charge in [0.05, 0.1) is 16.2 Å². The molecule has 0 spiro atoms. The Morgan fingerprint density at radius 1 is 0.862 bits per heavy atom. The Labute approximate surface area is 167 Å². The van der Waals surface area contributed by atoms with Crippen LogP contribution in [0, 0.1) is 0 Å². The number of hydrogen-bond acceptors (Lipinski definition) is 6. The molecule has 4 rings (SSSR count). The van der Waals surface area contributed by atoms with Crippen molar-refractivity contribution in [2.45, 2.75) is 4.90 Å². The van der Waals surface area contributed by atoms with E-state index >= 15 is 0 Å². The molecule has 3 aromatic rings. The van der Waals surface area contributed by atoms with Gasteiger partial charge in [0.25, 0.3) is 0 Å². The summed E-state index contributed by atoms with van der Waals surface area (Å²) < 4.78 is 29.8. The van der Waals surface area contributed by atoms with Gasteiger partial charge in [-0.2, -0.15) is 0 Å². The van der Waals surface area contributed by atoms with E-state index in [0.29, 0.717) is 28.0 Å². The highest BCUT2D eigenvalue weighted by Crippen LogP contribution is 2.34. The van der Waals surface area contributed by atoms with Crippen molar-refractivity contribution in [2.24, 2.45) is 0 Å². The summed E-state index contributed by atoms with van der Waals surface area (Å²) in [7, 11) is -3.31. The third-order valence-electron chi connectivity index (χ3n) is 4.74. The zero-order valence-electron chi connectivity index (χ0n) is 15.4. The van der Waals surface area contributed by atoms with Gasteiger partial charge in [0, 0.05) is 24.0 Å². The van der Waals surface area contributed by atoms with Crippen molar-refractivity contribution in [3.63, 3.8) is 0 Å². The summed E-state index contributed by atoms with van der Waals surface area (Å²) in [6.45, 7) is 0.0906. The predicted octanol–water partition coefficient (Wildman–Crippen LogP) is 2.76. The number of carbonyl (C=O) groups is 1. The van der Waals surface area contributed by atoms with E-state index in [-0.39, 0.29) is 23.3 Å². The second kappa shape index (κ2) is 6.82.